The van der Waals surface area contributed by atoms with Crippen molar-refractivity contribution in [1.29, 1.82) is 0 Å². The van der Waals surface area contributed by atoms with Crippen molar-refractivity contribution in [3.05, 3.63) is 64.8 Å². The molecule has 0 radical (unpaired) electrons. The smallest absolute Gasteiger partial charge is 0.128 e. The van der Waals surface area contributed by atoms with Crippen LogP contribution in [-0.4, -0.2) is 11.2 Å². The molecule has 1 aromatic heterocycles. The van der Waals surface area contributed by atoms with Gasteiger partial charge in [0.25, 0.3) is 0 Å². The summed E-state index contributed by atoms with van der Waals surface area (Å²) in [6, 6.07) is 16.6. The second-order valence-electron chi connectivity index (χ2n) is 4.66. The number of rotatable bonds is 4. The molecule has 3 aromatic rings. The molecule has 0 unspecified atom stereocenters. The summed E-state index contributed by atoms with van der Waals surface area (Å²) >= 11 is 3.61. The van der Waals surface area contributed by atoms with Gasteiger partial charge in [-0.05, 0) is 36.8 Å². The monoisotopic (exact) mass is 329 g/mol. The largest absolute Gasteiger partial charge is 0.493 e. The van der Waals surface area contributed by atoms with Crippen molar-refractivity contribution in [3.8, 4) is 5.75 Å². The summed E-state index contributed by atoms with van der Waals surface area (Å²) in [7, 11) is 0. The number of fused-ring (bicyclic) bond motifs is 1. The lowest BCUT2D eigenvalue weighted by Gasteiger charge is -2.09. The van der Waals surface area contributed by atoms with Crippen LogP contribution in [0.2, 0.25) is 0 Å². The highest BCUT2D eigenvalue weighted by molar-refractivity contribution is 9.10. The van der Waals surface area contributed by atoms with Crippen molar-refractivity contribution < 1.29 is 4.74 Å². The van der Waals surface area contributed by atoms with Crippen molar-refractivity contribution in [2.75, 3.05) is 6.61 Å². The van der Waals surface area contributed by atoms with E-state index in [4.69, 9.17) is 4.74 Å². The normalized spacial score (nSPS) is 10.9. The number of hydrogen-bond acceptors (Lipinski definition) is 1. The summed E-state index contributed by atoms with van der Waals surface area (Å²) in [5, 5.41) is 1.17. The minimum Gasteiger partial charge on any atom is -0.493 e. The Kier molecular flexibility index (Phi) is 3.79. The van der Waals surface area contributed by atoms with Gasteiger partial charge in [0.1, 0.15) is 5.75 Å². The number of benzene rings is 2. The molecule has 102 valence electrons. The predicted molar refractivity (Wildman–Crippen MR) is 86.4 cm³/mol. The van der Waals surface area contributed by atoms with Crippen LogP contribution in [0, 0.1) is 0 Å². The van der Waals surface area contributed by atoms with Crippen LogP contribution in [-0.2, 0) is 6.54 Å². The van der Waals surface area contributed by atoms with Gasteiger partial charge in [0, 0.05) is 22.6 Å². The minimum absolute atomic E-state index is 0.689. The third-order valence-corrected chi connectivity index (χ3v) is 4.15. The molecule has 0 aliphatic heterocycles. The quantitative estimate of drug-likeness (QED) is 0.667. The fourth-order valence-corrected chi connectivity index (χ4v) is 2.83. The van der Waals surface area contributed by atoms with E-state index >= 15 is 0 Å². The Morgan fingerprint density at radius 2 is 1.90 bits per heavy atom. The van der Waals surface area contributed by atoms with E-state index in [1.165, 1.54) is 16.5 Å². The second kappa shape index (κ2) is 5.71. The van der Waals surface area contributed by atoms with Gasteiger partial charge in [0.2, 0.25) is 0 Å². The molecule has 0 saturated heterocycles. The van der Waals surface area contributed by atoms with Gasteiger partial charge in [-0.2, -0.15) is 0 Å². The van der Waals surface area contributed by atoms with Gasteiger partial charge in [-0.25, -0.2) is 0 Å². The van der Waals surface area contributed by atoms with Crippen LogP contribution in [0.4, 0.5) is 0 Å². The van der Waals surface area contributed by atoms with Gasteiger partial charge in [-0.1, -0.05) is 40.2 Å². The zero-order valence-corrected chi connectivity index (χ0v) is 12.9. The van der Waals surface area contributed by atoms with E-state index in [1.54, 1.807) is 0 Å². The summed E-state index contributed by atoms with van der Waals surface area (Å²) < 4.78 is 9.07. The first-order valence-electron chi connectivity index (χ1n) is 6.73. The summed E-state index contributed by atoms with van der Waals surface area (Å²) in [5.74, 6) is 0.955. The first-order valence-corrected chi connectivity index (χ1v) is 7.53. The van der Waals surface area contributed by atoms with E-state index in [-0.39, 0.29) is 0 Å². The van der Waals surface area contributed by atoms with Crippen molar-refractivity contribution in [3.63, 3.8) is 0 Å². The summed E-state index contributed by atoms with van der Waals surface area (Å²) in [5.41, 5.74) is 2.47. The first kappa shape index (κ1) is 13.3. The standard InChI is InChI=1S/C17H16BrNO/c1-2-20-17-9-5-8-16-14(17)10-11-19(16)12-13-6-3-4-7-15(13)18/h3-11H,2,12H2,1H3. The molecule has 0 aliphatic carbocycles. The van der Waals surface area contributed by atoms with Crippen LogP contribution >= 0.6 is 15.9 Å². The molecule has 0 spiro atoms. The fraction of sp³-hybridized carbons (Fsp3) is 0.176. The molecule has 0 aliphatic rings. The van der Waals surface area contributed by atoms with E-state index < -0.39 is 0 Å². The van der Waals surface area contributed by atoms with E-state index in [9.17, 15) is 0 Å². The zero-order valence-electron chi connectivity index (χ0n) is 11.3. The molecule has 0 atom stereocenters. The highest BCUT2D eigenvalue weighted by atomic mass is 79.9. The average Bonchev–Trinajstić information content (AvgIpc) is 2.86. The Bertz CT molecular complexity index is 733. The minimum atomic E-state index is 0.689. The van der Waals surface area contributed by atoms with Gasteiger partial charge in [-0.15, -0.1) is 0 Å². The van der Waals surface area contributed by atoms with E-state index in [1.807, 2.05) is 25.1 Å². The summed E-state index contributed by atoms with van der Waals surface area (Å²) in [6.45, 7) is 3.55. The van der Waals surface area contributed by atoms with E-state index in [2.05, 4.69) is 57.0 Å². The molecule has 2 aromatic carbocycles. The molecule has 0 N–H and O–H groups in total. The highest BCUT2D eigenvalue weighted by Gasteiger charge is 2.07. The molecular formula is C17H16BrNO. The van der Waals surface area contributed by atoms with Crippen LogP contribution in [0.25, 0.3) is 10.9 Å². The second-order valence-corrected chi connectivity index (χ2v) is 5.51. The topological polar surface area (TPSA) is 14.2 Å². The fourth-order valence-electron chi connectivity index (χ4n) is 2.42. The maximum absolute atomic E-state index is 5.68. The molecule has 2 nitrogen and oxygen atoms in total. The molecule has 20 heavy (non-hydrogen) atoms. The number of ether oxygens (including phenoxy) is 1. The highest BCUT2D eigenvalue weighted by Crippen LogP contribution is 2.28. The Morgan fingerprint density at radius 3 is 2.70 bits per heavy atom. The van der Waals surface area contributed by atoms with Gasteiger partial charge in [-0.3, -0.25) is 0 Å². The number of hydrogen-bond donors (Lipinski definition) is 0. The lowest BCUT2D eigenvalue weighted by molar-refractivity contribution is 0.344. The van der Waals surface area contributed by atoms with Crippen LogP contribution in [0.15, 0.2) is 59.2 Å². The summed E-state index contributed by atoms with van der Waals surface area (Å²) in [6.07, 6.45) is 2.12. The van der Waals surface area contributed by atoms with Crippen LogP contribution < -0.4 is 4.74 Å². The van der Waals surface area contributed by atoms with Crippen molar-refractivity contribution >= 4 is 26.8 Å². The van der Waals surface area contributed by atoms with Gasteiger partial charge in [0.05, 0.1) is 12.1 Å². The Hall–Kier alpha value is -1.74. The number of aromatic nitrogens is 1. The average molecular weight is 330 g/mol. The molecule has 0 saturated carbocycles. The number of halogens is 1. The maximum atomic E-state index is 5.68. The van der Waals surface area contributed by atoms with Crippen molar-refractivity contribution in [2.24, 2.45) is 0 Å². The van der Waals surface area contributed by atoms with Gasteiger partial charge < -0.3 is 9.30 Å². The van der Waals surface area contributed by atoms with Crippen LogP contribution in [0.5, 0.6) is 5.75 Å². The SMILES string of the molecule is CCOc1cccc2c1ccn2Cc1ccccc1Br. The van der Waals surface area contributed by atoms with Crippen molar-refractivity contribution in [2.45, 2.75) is 13.5 Å². The van der Waals surface area contributed by atoms with Crippen LogP contribution in [0.3, 0.4) is 0 Å². The summed E-state index contributed by atoms with van der Waals surface area (Å²) in [4.78, 5) is 0. The van der Waals surface area contributed by atoms with Crippen molar-refractivity contribution in [1.82, 2.24) is 4.57 Å². The Morgan fingerprint density at radius 1 is 1.05 bits per heavy atom. The molecule has 0 fully saturated rings. The van der Waals surface area contributed by atoms with Crippen LogP contribution in [0.1, 0.15) is 12.5 Å². The lowest BCUT2D eigenvalue weighted by Crippen LogP contribution is -1.99. The Balaban J connectivity index is 2.01. The zero-order chi connectivity index (χ0) is 13.9. The molecule has 0 bridgehead atoms. The molecule has 3 heteroatoms. The predicted octanol–water partition coefficient (Wildman–Crippen LogP) is 4.85. The molecule has 3 rings (SSSR count). The van der Waals surface area contributed by atoms with Gasteiger partial charge >= 0.3 is 0 Å². The first-order chi connectivity index (χ1) is 9.79. The lowest BCUT2D eigenvalue weighted by atomic mass is 10.2. The number of nitrogens with zero attached hydrogens (tertiary/aromatic N) is 1. The van der Waals surface area contributed by atoms with Gasteiger partial charge in [0.15, 0.2) is 0 Å². The molecule has 1 heterocycles. The van der Waals surface area contributed by atoms with E-state index in [0.29, 0.717) is 6.61 Å². The maximum Gasteiger partial charge on any atom is 0.128 e. The third-order valence-electron chi connectivity index (χ3n) is 3.37. The molecule has 0 amide bonds. The third kappa shape index (κ3) is 2.46. The molecular weight excluding hydrogens is 314 g/mol. The Labute approximate surface area is 127 Å². The van der Waals surface area contributed by atoms with E-state index in [0.717, 1.165) is 16.8 Å².